The molecule has 0 saturated carbocycles. The van der Waals surface area contributed by atoms with Crippen molar-refractivity contribution >= 4 is 28.9 Å². The molecule has 1 aliphatic heterocycles. The summed E-state index contributed by atoms with van der Waals surface area (Å²) < 4.78 is 0. The highest BCUT2D eigenvalue weighted by molar-refractivity contribution is 5.90. The van der Waals surface area contributed by atoms with Gasteiger partial charge in [0.15, 0.2) is 5.82 Å². The predicted molar refractivity (Wildman–Crippen MR) is 101 cm³/mol. The van der Waals surface area contributed by atoms with Crippen molar-refractivity contribution in [3.63, 3.8) is 0 Å². The summed E-state index contributed by atoms with van der Waals surface area (Å²) in [6.07, 6.45) is 7.89. The summed E-state index contributed by atoms with van der Waals surface area (Å²) in [4.78, 5) is 12.0. The Morgan fingerprint density at radius 3 is 2.33 bits per heavy atom. The Bertz CT molecular complexity index is 849. The van der Waals surface area contributed by atoms with Crippen molar-refractivity contribution in [1.29, 1.82) is 0 Å². The Morgan fingerprint density at radius 2 is 1.50 bits per heavy atom. The van der Waals surface area contributed by atoms with Gasteiger partial charge in [-0.15, -0.1) is 0 Å². The molecule has 0 aliphatic carbocycles. The molecular formula is C21H21N3. The van der Waals surface area contributed by atoms with Gasteiger partial charge >= 0.3 is 0 Å². The number of fused-ring (bicyclic) bond motifs is 1. The van der Waals surface area contributed by atoms with Crippen LogP contribution in [0.3, 0.4) is 0 Å². The van der Waals surface area contributed by atoms with E-state index >= 15 is 0 Å². The smallest absolute Gasteiger partial charge is 0.154 e. The minimum Gasteiger partial charge on any atom is -0.356 e. The van der Waals surface area contributed by atoms with Crippen molar-refractivity contribution in [2.45, 2.75) is 19.3 Å². The van der Waals surface area contributed by atoms with Crippen molar-refractivity contribution in [2.75, 3.05) is 18.0 Å². The Balaban J connectivity index is 1.75. The lowest BCUT2D eigenvalue weighted by Gasteiger charge is -2.28. The Kier molecular flexibility index (Phi) is 4.24. The summed E-state index contributed by atoms with van der Waals surface area (Å²) in [7, 11) is 0. The Morgan fingerprint density at radius 1 is 0.750 bits per heavy atom. The molecule has 1 aromatic heterocycles. The topological polar surface area (TPSA) is 29.0 Å². The third-order valence-corrected chi connectivity index (χ3v) is 4.48. The highest BCUT2D eigenvalue weighted by Gasteiger charge is 2.16. The van der Waals surface area contributed by atoms with Crippen molar-refractivity contribution < 1.29 is 0 Å². The average molecular weight is 315 g/mol. The van der Waals surface area contributed by atoms with E-state index < -0.39 is 0 Å². The standard InChI is InChI=1S/C21H21N3/c1-3-9-17(10-4-1)13-14-20-22-19-12-6-5-11-18(19)21(23-20)24-15-7-2-8-16-24/h1,3-6,9-14H,2,7-8,15-16H2. The molecule has 1 saturated heterocycles. The van der Waals surface area contributed by atoms with Gasteiger partial charge in [-0.1, -0.05) is 48.5 Å². The molecule has 1 fully saturated rings. The third kappa shape index (κ3) is 3.16. The zero-order valence-corrected chi connectivity index (χ0v) is 13.7. The quantitative estimate of drug-likeness (QED) is 0.696. The fourth-order valence-electron chi connectivity index (χ4n) is 3.23. The molecule has 3 heteroatoms. The number of hydrogen-bond donors (Lipinski definition) is 0. The van der Waals surface area contributed by atoms with Crippen LogP contribution in [0.2, 0.25) is 0 Å². The molecular weight excluding hydrogens is 294 g/mol. The molecule has 0 spiro atoms. The monoisotopic (exact) mass is 315 g/mol. The first-order valence-electron chi connectivity index (χ1n) is 8.65. The number of benzene rings is 2. The lowest BCUT2D eigenvalue weighted by molar-refractivity contribution is 0.574. The summed E-state index contributed by atoms with van der Waals surface area (Å²) in [5.74, 6) is 1.85. The lowest BCUT2D eigenvalue weighted by atomic mass is 10.1. The van der Waals surface area contributed by atoms with Gasteiger partial charge in [0.1, 0.15) is 5.82 Å². The second-order valence-corrected chi connectivity index (χ2v) is 6.21. The van der Waals surface area contributed by atoms with E-state index in [4.69, 9.17) is 9.97 Å². The van der Waals surface area contributed by atoms with E-state index in [2.05, 4.69) is 41.3 Å². The van der Waals surface area contributed by atoms with Crippen LogP contribution < -0.4 is 4.90 Å². The van der Waals surface area contributed by atoms with Gasteiger partial charge in [0.2, 0.25) is 0 Å². The minimum absolute atomic E-state index is 0.776. The normalized spacial score (nSPS) is 15.2. The van der Waals surface area contributed by atoms with Gasteiger partial charge in [0.05, 0.1) is 5.52 Å². The Labute approximate surface area is 142 Å². The number of aromatic nitrogens is 2. The molecule has 0 atom stereocenters. The van der Waals surface area contributed by atoms with E-state index in [1.165, 1.54) is 19.3 Å². The first-order chi connectivity index (χ1) is 11.9. The number of nitrogens with zero attached hydrogens (tertiary/aromatic N) is 3. The number of anilines is 1. The fourth-order valence-corrected chi connectivity index (χ4v) is 3.23. The van der Waals surface area contributed by atoms with Gasteiger partial charge in [-0.25, -0.2) is 9.97 Å². The molecule has 4 rings (SSSR count). The molecule has 1 aliphatic rings. The van der Waals surface area contributed by atoms with Crippen LogP contribution in [0.25, 0.3) is 23.1 Å². The van der Waals surface area contributed by atoms with Crippen LogP contribution in [-0.2, 0) is 0 Å². The molecule has 120 valence electrons. The van der Waals surface area contributed by atoms with Gasteiger partial charge in [-0.2, -0.15) is 0 Å². The summed E-state index contributed by atoms with van der Waals surface area (Å²) in [5.41, 5.74) is 2.18. The van der Waals surface area contributed by atoms with Crippen LogP contribution in [0.5, 0.6) is 0 Å². The van der Waals surface area contributed by atoms with Crippen molar-refractivity contribution in [3.05, 3.63) is 66.0 Å². The van der Waals surface area contributed by atoms with Crippen LogP contribution in [0.4, 0.5) is 5.82 Å². The Hall–Kier alpha value is -2.68. The lowest BCUT2D eigenvalue weighted by Crippen LogP contribution is -2.30. The fraction of sp³-hybridized carbons (Fsp3) is 0.238. The van der Waals surface area contributed by atoms with E-state index in [1.54, 1.807) is 0 Å². The molecule has 0 bridgehead atoms. The third-order valence-electron chi connectivity index (χ3n) is 4.48. The summed E-state index contributed by atoms with van der Waals surface area (Å²) in [6.45, 7) is 2.17. The molecule has 0 amide bonds. The zero-order chi connectivity index (χ0) is 16.2. The number of hydrogen-bond acceptors (Lipinski definition) is 3. The van der Waals surface area contributed by atoms with Gasteiger partial charge in [0, 0.05) is 18.5 Å². The van der Waals surface area contributed by atoms with Crippen LogP contribution >= 0.6 is 0 Å². The predicted octanol–water partition coefficient (Wildman–Crippen LogP) is 4.79. The molecule has 3 aromatic rings. The zero-order valence-electron chi connectivity index (χ0n) is 13.7. The highest BCUT2D eigenvalue weighted by Crippen LogP contribution is 2.26. The van der Waals surface area contributed by atoms with Gasteiger partial charge < -0.3 is 4.90 Å². The van der Waals surface area contributed by atoms with E-state index in [9.17, 15) is 0 Å². The van der Waals surface area contributed by atoms with Crippen LogP contribution in [-0.4, -0.2) is 23.1 Å². The van der Waals surface area contributed by atoms with Gasteiger partial charge in [-0.05, 0) is 43.0 Å². The molecule has 0 unspecified atom stereocenters. The first-order valence-corrected chi connectivity index (χ1v) is 8.65. The van der Waals surface area contributed by atoms with E-state index in [0.29, 0.717) is 0 Å². The molecule has 0 radical (unpaired) electrons. The molecule has 2 aromatic carbocycles. The maximum atomic E-state index is 4.87. The number of piperidine rings is 1. The molecule has 3 nitrogen and oxygen atoms in total. The second kappa shape index (κ2) is 6.83. The molecule has 2 heterocycles. The minimum atomic E-state index is 0.776. The maximum absolute atomic E-state index is 4.87. The average Bonchev–Trinajstić information content (AvgIpc) is 2.67. The highest BCUT2D eigenvalue weighted by atomic mass is 15.2. The second-order valence-electron chi connectivity index (χ2n) is 6.21. The van der Waals surface area contributed by atoms with E-state index in [-0.39, 0.29) is 0 Å². The molecule has 24 heavy (non-hydrogen) atoms. The SMILES string of the molecule is C(=Cc1nc(N2CCCCC2)c2ccccc2n1)c1ccccc1. The van der Waals surface area contributed by atoms with Gasteiger partial charge in [0.25, 0.3) is 0 Å². The van der Waals surface area contributed by atoms with Crippen molar-refractivity contribution in [2.24, 2.45) is 0 Å². The maximum Gasteiger partial charge on any atom is 0.154 e. The van der Waals surface area contributed by atoms with Crippen LogP contribution in [0.15, 0.2) is 54.6 Å². The molecule has 0 N–H and O–H groups in total. The first kappa shape index (κ1) is 14.9. The van der Waals surface area contributed by atoms with Crippen LogP contribution in [0.1, 0.15) is 30.7 Å². The van der Waals surface area contributed by atoms with Crippen molar-refractivity contribution in [1.82, 2.24) is 9.97 Å². The van der Waals surface area contributed by atoms with E-state index in [1.807, 2.05) is 30.3 Å². The van der Waals surface area contributed by atoms with Gasteiger partial charge in [-0.3, -0.25) is 0 Å². The summed E-state index contributed by atoms with van der Waals surface area (Å²) in [6, 6.07) is 18.6. The van der Waals surface area contributed by atoms with E-state index in [0.717, 1.165) is 41.2 Å². The summed E-state index contributed by atoms with van der Waals surface area (Å²) >= 11 is 0. The summed E-state index contributed by atoms with van der Waals surface area (Å²) in [5, 5.41) is 1.15. The number of rotatable bonds is 3. The van der Waals surface area contributed by atoms with Crippen molar-refractivity contribution in [3.8, 4) is 0 Å². The van der Waals surface area contributed by atoms with Crippen LogP contribution in [0, 0.1) is 0 Å². The largest absolute Gasteiger partial charge is 0.356 e. The number of para-hydroxylation sites is 1.